The maximum atomic E-state index is 13.2. The quantitative estimate of drug-likeness (QED) is 0.532. The van der Waals surface area contributed by atoms with Gasteiger partial charge in [-0.1, -0.05) is 18.9 Å². The summed E-state index contributed by atoms with van der Waals surface area (Å²) in [5.74, 6) is 0.145. The van der Waals surface area contributed by atoms with Gasteiger partial charge in [-0.15, -0.1) is 0 Å². The van der Waals surface area contributed by atoms with Gasteiger partial charge in [0.15, 0.2) is 0 Å². The van der Waals surface area contributed by atoms with E-state index in [0.717, 1.165) is 25.7 Å². The first-order chi connectivity index (χ1) is 15.0. The number of nitrogens with one attached hydrogen (secondary N) is 4. The van der Waals surface area contributed by atoms with E-state index < -0.39 is 11.8 Å². The van der Waals surface area contributed by atoms with Gasteiger partial charge in [-0.2, -0.15) is 0 Å². The summed E-state index contributed by atoms with van der Waals surface area (Å²) >= 11 is 0. The van der Waals surface area contributed by atoms with Crippen LogP contribution in [0.4, 0.5) is 19.7 Å². The topological polar surface area (TPSA) is 103 Å². The molecule has 31 heavy (non-hydrogen) atoms. The van der Waals surface area contributed by atoms with Gasteiger partial charge in [-0.05, 0) is 55.7 Å². The Balaban J connectivity index is 1.33. The third kappa shape index (κ3) is 7.73. The van der Waals surface area contributed by atoms with Crippen LogP contribution in [-0.2, 0) is 4.79 Å². The Labute approximate surface area is 182 Å². The predicted octanol–water partition coefficient (Wildman–Crippen LogP) is 2.68. The highest BCUT2D eigenvalue weighted by Gasteiger charge is 2.24. The van der Waals surface area contributed by atoms with Crippen LogP contribution in [0.5, 0.6) is 0 Å². The summed E-state index contributed by atoms with van der Waals surface area (Å²) in [6, 6.07) is 4.99. The van der Waals surface area contributed by atoms with Crippen molar-refractivity contribution in [3.8, 4) is 0 Å². The molecular weight excluding hydrogens is 401 g/mol. The Morgan fingerprint density at radius 3 is 2.42 bits per heavy atom. The average molecular weight is 434 g/mol. The first-order valence-corrected chi connectivity index (χ1v) is 11.1. The van der Waals surface area contributed by atoms with Gasteiger partial charge in [0.2, 0.25) is 5.91 Å². The van der Waals surface area contributed by atoms with E-state index in [2.05, 4.69) is 21.3 Å². The maximum absolute atomic E-state index is 13.2. The lowest BCUT2D eigenvalue weighted by Crippen LogP contribution is -2.49. The standard InChI is InChI=1S/C22H32FN5O3/c23-18-8-3-9-19(11-18)27-22(31)25-13-17-7-4-10-28(15-17)20(29)14-26-21(30)24-12-16-5-1-2-6-16/h3,8-9,11,16-17H,1-2,4-7,10,12-15H2,(H2,24,26,30)(H2,25,27,31). The molecule has 9 heteroatoms. The zero-order chi connectivity index (χ0) is 22.1. The van der Waals surface area contributed by atoms with E-state index in [-0.39, 0.29) is 24.4 Å². The molecule has 5 amide bonds. The van der Waals surface area contributed by atoms with Crippen molar-refractivity contribution >= 4 is 23.7 Å². The molecule has 1 atom stereocenters. The molecule has 1 aromatic carbocycles. The number of rotatable bonds is 7. The molecule has 1 unspecified atom stereocenters. The number of benzene rings is 1. The van der Waals surface area contributed by atoms with Crippen molar-refractivity contribution in [3.63, 3.8) is 0 Å². The van der Waals surface area contributed by atoms with Crippen LogP contribution in [0.1, 0.15) is 38.5 Å². The first kappa shape index (κ1) is 22.8. The molecular formula is C22H32FN5O3. The zero-order valence-electron chi connectivity index (χ0n) is 17.8. The summed E-state index contributed by atoms with van der Waals surface area (Å²) in [5.41, 5.74) is 0.384. The van der Waals surface area contributed by atoms with Crippen LogP contribution in [0.3, 0.4) is 0 Å². The number of anilines is 1. The number of hydrogen-bond donors (Lipinski definition) is 4. The Hall–Kier alpha value is -2.84. The SMILES string of the molecule is O=C(NCC(=O)N1CCCC(CNC(=O)Nc2cccc(F)c2)C1)NCC1CCCC1. The van der Waals surface area contributed by atoms with Gasteiger partial charge in [0, 0.05) is 31.9 Å². The van der Waals surface area contributed by atoms with E-state index in [1.807, 2.05) is 0 Å². The Kier molecular flexibility index (Phi) is 8.49. The van der Waals surface area contributed by atoms with Gasteiger partial charge >= 0.3 is 12.1 Å². The largest absolute Gasteiger partial charge is 0.341 e. The molecule has 8 nitrogen and oxygen atoms in total. The van der Waals surface area contributed by atoms with Crippen LogP contribution < -0.4 is 21.3 Å². The maximum Gasteiger partial charge on any atom is 0.319 e. The van der Waals surface area contributed by atoms with Crippen molar-refractivity contribution in [3.05, 3.63) is 30.1 Å². The van der Waals surface area contributed by atoms with Gasteiger partial charge in [0.25, 0.3) is 0 Å². The third-order valence-electron chi connectivity index (χ3n) is 5.93. The number of carbonyl (C=O) groups excluding carboxylic acids is 3. The van der Waals surface area contributed by atoms with E-state index >= 15 is 0 Å². The van der Waals surface area contributed by atoms with Gasteiger partial charge < -0.3 is 26.2 Å². The number of urea groups is 2. The van der Waals surface area contributed by atoms with Crippen LogP contribution in [0.25, 0.3) is 0 Å². The minimum absolute atomic E-state index is 0.0310. The minimum Gasteiger partial charge on any atom is -0.341 e. The van der Waals surface area contributed by atoms with Crippen molar-refractivity contribution in [1.82, 2.24) is 20.9 Å². The Bertz CT molecular complexity index is 769. The highest BCUT2D eigenvalue weighted by molar-refractivity contribution is 5.89. The molecule has 1 aliphatic heterocycles. The van der Waals surface area contributed by atoms with Crippen molar-refractivity contribution in [1.29, 1.82) is 0 Å². The normalized spacial score (nSPS) is 19.0. The lowest BCUT2D eigenvalue weighted by Gasteiger charge is -2.33. The number of hydrogen-bond acceptors (Lipinski definition) is 3. The molecule has 0 bridgehead atoms. The minimum atomic E-state index is -0.417. The Morgan fingerprint density at radius 1 is 0.935 bits per heavy atom. The first-order valence-electron chi connectivity index (χ1n) is 11.1. The molecule has 1 aliphatic carbocycles. The van der Waals surface area contributed by atoms with Gasteiger partial charge in [0.05, 0.1) is 6.54 Å². The second kappa shape index (κ2) is 11.5. The van der Waals surface area contributed by atoms with E-state index in [0.29, 0.717) is 37.8 Å². The molecule has 1 saturated heterocycles. The number of piperidine rings is 1. The molecule has 1 heterocycles. The highest BCUT2D eigenvalue weighted by atomic mass is 19.1. The number of carbonyl (C=O) groups is 3. The number of amides is 5. The molecule has 1 saturated carbocycles. The fourth-order valence-electron chi connectivity index (χ4n) is 4.22. The van der Waals surface area contributed by atoms with Gasteiger partial charge in [0.1, 0.15) is 5.82 Å². The summed E-state index contributed by atoms with van der Waals surface area (Å²) in [7, 11) is 0. The lowest BCUT2D eigenvalue weighted by molar-refractivity contribution is -0.131. The van der Waals surface area contributed by atoms with Crippen LogP contribution in [0, 0.1) is 17.7 Å². The van der Waals surface area contributed by atoms with E-state index in [4.69, 9.17) is 0 Å². The summed E-state index contributed by atoms with van der Waals surface area (Å²) in [6.07, 6.45) is 6.51. The molecule has 170 valence electrons. The second-order valence-corrected chi connectivity index (χ2v) is 8.41. The van der Waals surface area contributed by atoms with Crippen LogP contribution in [0.15, 0.2) is 24.3 Å². The molecule has 1 aromatic rings. The van der Waals surface area contributed by atoms with Crippen LogP contribution in [-0.4, -0.2) is 55.6 Å². The van der Waals surface area contributed by atoms with Crippen molar-refractivity contribution in [2.75, 3.05) is 38.0 Å². The fraction of sp³-hybridized carbons (Fsp3) is 0.591. The lowest BCUT2D eigenvalue weighted by atomic mass is 9.98. The van der Waals surface area contributed by atoms with Gasteiger partial charge in [-0.25, -0.2) is 14.0 Å². The molecule has 2 fully saturated rings. The fourth-order valence-corrected chi connectivity index (χ4v) is 4.22. The molecule has 0 spiro atoms. The predicted molar refractivity (Wildman–Crippen MR) is 116 cm³/mol. The highest BCUT2D eigenvalue weighted by Crippen LogP contribution is 2.23. The zero-order valence-corrected chi connectivity index (χ0v) is 17.8. The van der Waals surface area contributed by atoms with Crippen LogP contribution >= 0.6 is 0 Å². The molecule has 0 aromatic heterocycles. The van der Waals surface area contributed by atoms with E-state index in [9.17, 15) is 18.8 Å². The molecule has 3 rings (SSSR count). The summed E-state index contributed by atoms with van der Waals surface area (Å²) in [5, 5.41) is 10.9. The summed E-state index contributed by atoms with van der Waals surface area (Å²) in [4.78, 5) is 38.2. The number of likely N-dealkylation sites (tertiary alicyclic amines) is 1. The summed E-state index contributed by atoms with van der Waals surface area (Å²) < 4.78 is 13.2. The second-order valence-electron chi connectivity index (χ2n) is 8.41. The number of nitrogens with zero attached hydrogens (tertiary/aromatic N) is 1. The number of halogens is 1. The van der Waals surface area contributed by atoms with Crippen molar-refractivity contribution < 1.29 is 18.8 Å². The van der Waals surface area contributed by atoms with Crippen LogP contribution in [0.2, 0.25) is 0 Å². The smallest absolute Gasteiger partial charge is 0.319 e. The van der Waals surface area contributed by atoms with Crippen molar-refractivity contribution in [2.24, 2.45) is 11.8 Å². The molecule has 0 radical (unpaired) electrons. The van der Waals surface area contributed by atoms with Gasteiger partial charge in [-0.3, -0.25) is 4.79 Å². The Morgan fingerprint density at radius 2 is 1.65 bits per heavy atom. The summed E-state index contributed by atoms with van der Waals surface area (Å²) in [6.45, 7) is 2.23. The third-order valence-corrected chi connectivity index (χ3v) is 5.93. The van der Waals surface area contributed by atoms with E-state index in [1.165, 1.54) is 31.0 Å². The monoisotopic (exact) mass is 433 g/mol. The van der Waals surface area contributed by atoms with Crippen molar-refractivity contribution in [2.45, 2.75) is 38.5 Å². The molecule has 2 aliphatic rings. The average Bonchev–Trinajstić information content (AvgIpc) is 3.28. The molecule has 4 N–H and O–H groups in total. The van der Waals surface area contributed by atoms with E-state index in [1.54, 1.807) is 11.0 Å².